The van der Waals surface area contributed by atoms with Gasteiger partial charge in [0.2, 0.25) is 11.8 Å². The molecule has 0 radical (unpaired) electrons. The molecule has 7 heteroatoms. The zero-order chi connectivity index (χ0) is 26.2. The van der Waals surface area contributed by atoms with E-state index in [1.54, 1.807) is 18.1 Å². The predicted molar refractivity (Wildman–Crippen MR) is 143 cm³/mol. The van der Waals surface area contributed by atoms with Gasteiger partial charge in [0.15, 0.2) is 0 Å². The Bertz CT molecular complexity index is 1190. The first kappa shape index (κ1) is 26.7. The lowest BCUT2D eigenvalue weighted by atomic mass is 10.0. The maximum absolute atomic E-state index is 14.6. The highest BCUT2D eigenvalue weighted by atomic mass is 35.5. The van der Waals surface area contributed by atoms with Crippen molar-refractivity contribution in [2.24, 2.45) is 0 Å². The van der Waals surface area contributed by atoms with Crippen molar-refractivity contribution in [2.45, 2.75) is 57.2 Å². The number of carbonyl (C=O) groups excluding carboxylic acids is 2. The summed E-state index contributed by atoms with van der Waals surface area (Å²) in [5.41, 5.74) is 1.86. The molecule has 0 heterocycles. The molecule has 1 saturated carbocycles. The van der Waals surface area contributed by atoms with Crippen LogP contribution in [0, 0.1) is 5.82 Å². The second-order valence-corrected chi connectivity index (χ2v) is 9.85. The quantitative estimate of drug-likeness (QED) is 0.370. The van der Waals surface area contributed by atoms with Crippen molar-refractivity contribution in [3.05, 3.63) is 100 Å². The van der Waals surface area contributed by atoms with Gasteiger partial charge in [-0.2, -0.15) is 0 Å². The standard InChI is InChI=1S/C30H32ClFN2O3/c1-37-24-14-7-11-22(17-24)20-34(29(35)19-25-26(31)15-8-16-27(25)32)28(18-21-9-3-2-4-10-21)30(36)33-23-12-5-6-13-23/h2-4,7-11,14-17,23,28H,5-6,12-13,18-20H2,1H3,(H,33,36)/t28-/m0/s1. The fourth-order valence-corrected chi connectivity index (χ4v) is 5.07. The normalized spacial score (nSPS) is 14.2. The summed E-state index contributed by atoms with van der Waals surface area (Å²) < 4.78 is 20.0. The van der Waals surface area contributed by atoms with Crippen LogP contribution < -0.4 is 10.1 Å². The number of benzene rings is 3. The van der Waals surface area contributed by atoms with Gasteiger partial charge < -0.3 is 15.0 Å². The summed E-state index contributed by atoms with van der Waals surface area (Å²) >= 11 is 6.26. The number of ether oxygens (including phenoxy) is 1. The van der Waals surface area contributed by atoms with Crippen molar-refractivity contribution in [2.75, 3.05) is 7.11 Å². The van der Waals surface area contributed by atoms with Gasteiger partial charge in [-0.1, -0.05) is 73.0 Å². The third kappa shape index (κ3) is 7.10. The Hall–Kier alpha value is -3.38. The molecule has 0 bridgehead atoms. The van der Waals surface area contributed by atoms with Gasteiger partial charge in [0.25, 0.3) is 0 Å². The topological polar surface area (TPSA) is 58.6 Å². The van der Waals surface area contributed by atoms with Crippen molar-refractivity contribution >= 4 is 23.4 Å². The molecule has 0 unspecified atom stereocenters. The average molecular weight is 523 g/mol. The first-order valence-electron chi connectivity index (χ1n) is 12.6. The van der Waals surface area contributed by atoms with Crippen LogP contribution in [0.4, 0.5) is 4.39 Å². The van der Waals surface area contributed by atoms with E-state index in [-0.39, 0.29) is 41.4 Å². The highest BCUT2D eigenvalue weighted by Gasteiger charge is 2.32. The van der Waals surface area contributed by atoms with Gasteiger partial charge in [-0.05, 0) is 48.2 Å². The van der Waals surface area contributed by atoms with Gasteiger partial charge in [-0.25, -0.2) is 4.39 Å². The minimum absolute atomic E-state index is 0.0977. The molecule has 1 aliphatic carbocycles. The number of halogens is 2. The summed E-state index contributed by atoms with van der Waals surface area (Å²) in [4.78, 5) is 29.1. The van der Waals surface area contributed by atoms with Crippen LogP contribution in [-0.2, 0) is 29.0 Å². The van der Waals surface area contributed by atoms with Crippen LogP contribution in [0.1, 0.15) is 42.4 Å². The molecule has 1 N–H and O–H groups in total. The van der Waals surface area contributed by atoms with E-state index in [0.29, 0.717) is 12.2 Å². The predicted octanol–water partition coefficient (Wildman–Crippen LogP) is 5.73. The van der Waals surface area contributed by atoms with Crippen molar-refractivity contribution in [1.82, 2.24) is 10.2 Å². The van der Waals surface area contributed by atoms with Crippen LogP contribution in [0.25, 0.3) is 0 Å². The molecule has 1 aliphatic rings. The van der Waals surface area contributed by atoms with Gasteiger partial charge >= 0.3 is 0 Å². The van der Waals surface area contributed by atoms with E-state index >= 15 is 0 Å². The molecule has 0 aromatic heterocycles. The molecular formula is C30H32ClFN2O3. The lowest BCUT2D eigenvalue weighted by molar-refractivity contribution is -0.141. The van der Waals surface area contributed by atoms with E-state index in [1.165, 1.54) is 12.1 Å². The van der Waals surface area contributed by atoms with Gasteiger partial charge in [0.1, 0.15) is 17.6 Å². The van der Waals surface area contributed by atoms with Crippen molar-refractivity contribution < 1.29 is 18.7 Å². The number of nitrogens with one attached hydrogen (secondary N) is 1. The Balaban J connectivity index is 1.70. The van der Waals surface area contributed by atoms with E-state index < -0.39 is 11.9 Å². The van der Waals surface area contributed by atoms with Gasteiger partial charge in [0.05, 0.1) is 13.5 Å². The Morgan fingerprint density at radius 2 is 1.73 bits per heavy atom. The smallest absolute Gasteiger partial charge is 0.243 e. The molecule has 0 spiro atoms. The first-order valence-corrected chi connectivity index (χ1v) is 13.0. The second-order valence-electron chi connectivity index (χ2n) is 9.45. The molecule has 0 aliphatic heterocycles. The lowest BCUT2D eigenvalue weighted by Gasteiger charge is -2.32. The van der Waals surface area contributed by atoms with E-state index in [1.807, 2.05) is 54.6 Å². The van der Waals surface area contributed by atoms with Gasteiger partial charge in [-0.15, -0.1) is 0 Å². The highest BCUT2D eigenvalue weighted by Crippen LogP contribution is 2.24. The fourth-order valence-electron chi connectivity index (χ4n) is 4.84. The molecule has 1 fully saturated rings. The summed E-state index contributed by atoms with van der Waals surface area (Å²) in [6, 6.07) is 20.7. The van der Waals surface area contributed by atoms with Crippen molar-refractivity contribution in [3.63, 3.8) is 0 Å². The summed E-state index contributed by atoms with van der Waals surface area (Å²) in [5, 5.41) is 3.36. The van der Waals surface area contributed by atoms with E-state index in [9.17, 15) is 14.0 Å². The fraction of sp³-hybridized carbons (Fsp3) is 0.333. The lowest BCUT2D eigenvalue weighted by Crippen LogP contribution is -2.52. The Morgan fingerprint density at radius 3 is 2.43 bits per heavy atom. The van der Waals surface area contributed by atoms with Crippen molar-refractivity contribution in [1.29, 1.82) is 0 Å². The maximum atomic E-state index is 14.6. The third-order valence-corrected chi connectivity index (χ3v) is 7.20. The monoisotopic (exact) mass is 522 g/mol. The third-order valence-electron chi connectivity index (χ3n) is 6.85. The number of nitrogens with zero attached hydrogens (tertiary/aromatic N) is 1. The highest BCUT2D eigenvalue weighted by molar-refractivity contribution is 6.31. The number of methoxy groups -OCH3 is 1. The Morgan fingerprint density at radius 1 is 1.03 bits per heavy atom. The SMILES string of the molecule is COc1cccc(CN(C(=O)Cc2c(F)cccc2Cl)[C@@H](Cc2ccccc2)C(=O)NC2CCCC2)c1. The van der Waals surface area contributed by atoms with Gasteiger partial charge in [0, 0.05) is 29.6 Å². The summed E-state index contributed by atoms with van der Waals surface area (Å²) in [5.74, 6) is -0.474. The zero-order valence-corrected chi connectivity index (χ0v) is 21.7. The van der Waals surface area contributed by atoms with Crippen LogP contribution in [-0.4, -0.2) is 35.9 Å². The summed E-state index contributed by atoms with van der Waals surface area (Å²) in [6.45, 7) is 0.164. The zero-order valence-electron chi connectivity index (χ0n) is 21.0. The van der Waals surface area contributed by atoms with Crippen LogP contribution in [0.2, 0.25) is 5.02 Å². The van der Waals surface area contributed by atoms with Crippen LogP contribution in [0.3, 0.4) is 0 Å². The largest absolute Gasteiger partial charge is 0.497 e. The number of rotatable bonds is 10. The van der Waals surface area contributed by atoms with E-state index in [4.69, 9.17) is 16.3 Å². The molecule has 3 aromatic carbocycles. The molecule has 4 rings (SSSR count). The molecule has 5 nitrogen and oxygen atoms in total. The minimum Gasteiger partial charge on any atom is -0.497 e. The Kier molecular flexibility index (Phi) is 9.18. The molecule has 3 aromatic rings. The molecule has 2 amide bonds. The second kappa shape index (κ2) is 12.7. The molecule has 37 heavy (non-hydrogen) atoms. The van der Waals surface area contributed by atoms with Crippen LogP contribution in [0.15, 0.2) is 72.8 Å². The molecule has 1 atom stereocenters. The van der Waals surface area contributed by atoms with Gasteiger partial charge in [-0.3, -0.25) is 9.59 Å². The number of hydrogen-bond acceptors (Lipinski definition) is 3. The van der Waals surface area contributed by atoms with Crippen LogP contribution in [0.5, 0.6) is 5.75 Å². The van der Waals surface area contributed by atoms with Crippen molar-refractivity contribution in [3.8, 4) is 5.75 Å². The summed E-state index contributed by atoms with van der Waals surface area (Å²) in [6.07, 6.45) is 4.09. The van der Waals surface area contributed by atoms with E-state index in [0.717, 1.165) is 36.8 Å². The first-order chi connectivity index (χ1) is 17.9. The van der Waals surface area contributed by atoms with Crippen LogP contribution >= 0.6 is 11.6 Å². The maximum Gasteiger partial charge on any atom is 0.243 e. The minimum atomic E-state index is -0.785. The Labute approximate surface area is 222 Å². The molecule has 0 saturated heterocycles. The molecule has 194 valence electrons. The number of amides is 2. The molecular weight excluding hydrogens is 491 g/mol. The number of hydrogen-bond donors (Lipinski definition) is 1. The summed E-state index contributed by atoms with van der Waals surface area (Å²) in [7, 11) is 1.58. The average Bonchev–Trinajstić information content (AvgIpc) is 3.42. The number of carbonyl (C=O) groups is 2. The van der Waals surface area contributed by atoms with E-state index in [2.05, 4.69) is 5.32 Å².